The van der Waals surface area contributed by atoms with Crippen LogP contribution in [-0.2, 0) is 0 Å². The second-order valence-corrected chi connectivity index (χ2v) is 4.82. The maximum atomic E-state index is 12.2. The van der Waals surface area contributed by atoms with Gasteiger partial charge in [0.15, 0.2) is 0 Å². The van der Waals surface area contributed by atoms with Crippen LogP contribution in [0.2, 0.25) is 0 Å². The van der Waals surface area contributed by atoms with Crippen LogP contribution in [0.25, 0.3) is 22.4 Å². The topological polar surface area (TPSA) is 82.1 Å². The van der Waals surface area contributed by atoms with E-state index in [4.69, 9.17) is 4.42 Å². The lowest BCUT2D eigenvalue weighted by atomic mass is 10.1. The molecule has 0 aliphatic heterocycles. The van der Waals surface area contributed by atoms with E-state index in [2.05, 4.69) is 9.97 Å². The molecule has 0 saturated heterocycles. The van der Waals surface area contributed by atoms with Gasteiger partial charge < -0.3 is 4.42 Å². The zero-order valence-corrected chi connectivity index (χ0v) is 11.1. The summed E-state index contributed by atoms with van der Waals surface area (Å²) in [6.45, 7) is 3.76. The number of nitrogens with zero attached hydrogens (tertiary/aromatic N) is 1. The lowest BCUT2D eigenvalue weighted by Gasteiger charge is -2.06. The normalized spacial score (nSPS) is 11.3. The van der Waals surface area contributed by atoms with Gasteiger partial charge in [0, 0.05) is 5.56 Å². The Morgan fingerprint density at radius 3 is 2.75 bits per heavy atom. The lowest BCUT2D eigenvalue weighted by molar-refractivity contribution is -0.350. The van der Waals surface area contributed by atoms with Gasteiger partial charge in [-0.15, -0.1) is 0 Å². The molecule has 0 unspecified atom stereocenters. The zero-order valence-electron chi connectivity index (χ0n) is 11.1. The molecule has 2 N–H and O–H groups in total. The second-order valence-electron chi connectivity index (χ2n) is 4.82. The summed E-state index contributed by atoms with van der Waals surface area (Å²) in [5.74, 6) is 0.587. The van der Waals surface area contributed by atoms with Crippen LogP contribution in [0.15, 0.2) is 44.7 Å². The van der Waals surface area contributed by atoms with Crippen molar-refractivity contribution in [3.05, 3.63) is 51.5 Å². The number of hydrogen-bond donors (Lipinski definition) is 1. The number of pyridine rings is 1. The van der Waals surface area contributed by atoms with Crippen LogP contribution in [-0.4, -0.2) is 9.55 Å². The van der Waals surface area contributed by atoms with Gasteiger partial charge in [-0.25, -0.2) is 9.78 Å². The highest BCUT2D eigenvalue weighted by Gasteiger charge is 2.21. The van der Waals surface area contributed by atoms with Gasteiger partial charge in [0.1, 0.15) is 17.2 Å². The quantitative estimate of drug-likeness (QED) is 0.764. The molecule has 3 aromatic heterocycles. The monoisotopic (exact) mass is 272 g/mol. The van der Waals surface area contributed by atoms with Gasteiger partial charge in [0.25, 0.3) is 11.2 Å². The number of rotatable bonds is 2. The van der Waals surface area contributed by atoms with Gasteiger partial charge in [0.2, 0.25) is 0 Å². The first-order valence-corrected chi connectivity index (χ1v) is 6.32. The number of hydrogen-bond acceptors (Lipinski definition) is 3. The van der Waals surface area contributed by atoms with E-state index in [1.165, 1.54) is 4.57 Å². The minimum atomic E-state index is -0.426. The summed E-state index contributed by atoms with van der Waals surface area (Å²) in [5, 5.41) is 0.413. The molecule has 3 heterocycles. The summed E-state index contributed by atoms with van der Waals surface area (Å²) in [7, 11) is 0. The number of aromatic nitrogens is 3. The lowest BCUT2D eigenvalue weighted by Crippen LogP contribution is -2.34. The summed E-state index contributed by atoms with van der Waals surface area (Å²) in [5.41, 5.74) is 0.289. The van der Waals surface area contributed by atoms with Crippen LogP contribution in [0.5, 0.6) is 0 Å². The van der Waals surface area contributed by atoms with Crippen molar-refractivity contribution in [1.29, 1.82) is 0 Å². The fraction of sp³-hybridized carbons (Fsp3) is 0.214. The largest absolute Gasteiger partial charge is 0.464 e. The van der Waals surface area contributed by atoms with Crippen molar-refractivity contribution >= 4 is 11.0 Å². The molecule has 0 fully saturated rings. The van der Waals surface area contributed by atoms with Crippen molar-refractivity contribution in [1.82, 2.24) is 9.55 Å². The van der Waals surface area contributed by atoms with Crippen LogP contribution in [0.4, 0.5) is 0 Å². The Morgan fingerprint density at radius 1 is 1.30 bits per heavy atom. The summed E-state index contributed by atoms with van der Waals surface area (Å²) in [6, 6.07) is 5.21. The van der Waals surface area contributed by atoms with E-state index >= 15 is 0 Å². The molecule has 0 spiro atoms. The number of nitrogens with one attached hydrogen (secondary N) is 2. The van der Waals surface area contributed by atoms with Crippen LogP contribution >= 0.6 is 0 Å². The molecule has 3 aromatic rings. The van der Waals surface area contributed by atoms with E-state index in [9.17, 15) is 9.59 Å². The highest BCUT2D eigenvalue weighted by molar-refractivity contribution is 5.88. The third-order valence-corrected chi connectivity index (χ3v) is 3.19. The first-order valence-electron chi connectivity index (χ1n) is 6.32. The third-order valence-electron chi connectivity index (χ3n) is 3.19. The molecular weight excluding hydrogens is 258 g/mol. The van der Waals surface area contributed by atoms with Crippen molar-refractivity contribution in [3.63, 3.8) is 0 Å². The Morgan fingerprint density at radius 2 is 2.10 bits per heavy atom. The molecule has 3 rings (SSSR count). The predicted octanol–water partition coefficient (Wildman–Crippen LogP) is 1.34. The third kappa shape index (κ3) is 1.77. The molecule has 6 nitrogen and oxygen atoms in total. The summed E-state index contributed by atoms with van der Waals surface area (Å²) >= 11 is 0. The smallest absolute Gasteiger partial charge is 0.416 e. The van der Waals surface area contributed by atoms with Gasteiger partial charge in [-0.05, 0) is 32.0 Å². The van der Waals surface area contributed by atoms with Crippen molar-refractivity contribution < 1.29 is 9.40 Å². The summed E-state index contributed by atoms with van der Waals surface area (Å²) < 4.78 is 6.88. The predicted molar refractivity (Wildman–Crippen MR) is 73.5 cm³/mol. The maximum absolute atomic E-state index is 12.2. The van der Waals surface area contributed by atoms with Crippen molar-refractivity contribution in [2.24, 2.45) is 0 Å². The molecule has 0 radical (unpaired) electrons. The molecule has 0 atom stereocenters. The maximum Gasteiger partial charge on any atom is 0.416 e. The Bertz CT molecular complexity index is 873. The van der Waals surface area contributed by atoms with E-state index in [1.54, 1.807) is 30.7 Å². The number of furan rings is 1. The first-order chi connectivity index (χ1) is 9.59. The van der Waals surface area contributed by atoms with Crippen LogP contribution in [0.1, 0.15) is 19.9 Å². The standard InChI is InChI=1S/C14H13N3O3/c1-8(2)17-12-11(13(18)16-14(17)19)9(5-6-15-12)10-4-3-7-20-10/h3-8H,1-2H3,(H,16,18,19)/p+1. The first kappa shape index (κ1) is 12.4. The number of H-pyrrole nitrogens is 2. The highest BCUT2D eigenvalue weighted by Crippen LogP contribution is 2.24. The Hall–Kier alpha value is -2.63. The Balaban J connectivity index is 2.51. The second kappa shape index (κ2) is 4.48. The molecule has 0 saturated carbocycles. The van der Waals surface area contributed by atoms with E-state index in [0.717, 1.165) is 0 Å². The summed E-state index contributed by atoms with van der Waals surface area (Å²) in [6.07, 6.45) is 3.24. The van der Waals surface area contributed by atoms with Gasteiger partial charge in [-0.3, -0.25) is 9.78 Å². The molecule has 102 valence electrons. The minimum Gasteiger partial charge on any atom is -0.464 e. The van der Waals surface area contributed by atoms with Crippen LogP contribution in [0, 0.1) is 0 Å². The Kier molecular flexibility index (Phi) is 2.78. The zero-order chi connectivity index (χ0) is 14.3. The fourth-order valence-corrected chi connectivity index (χ4v) is 2.36. The van der Waals surface area contributed by atoms with Gasteiger partial charge in [0.05, 0.1) is 12.5 Å². The average molecular weight is 272 g/mol. The number of aromatic amines is 2. The molecule has 0 aliphatic carbocycles. The molecule has 0 aromatic carbocycles. The highest BCUT2D eigenvalue weighted by atomic mass is 16.3. The summed E-state index contributed by atoms with van der Waals surface area (Å²) in [4.78, 5) is 29.5. The van der Waals surface area contributed by atoms with E-state index < -0.39 is 11.2 Å². The molecule has 0 aliphatic rings. The van der Waals surface area contributed by atoms with Crippen molar-refractivity contribution in [3.8, 4) is 11.3 Å². The van der Waals surface area contributed by atoms with E-state index in [0.29, 0.717) is 22.4 Å². The van der Waals surface area contributed by atoms with E-state index in [-0.39, 0.29) is 6.04 Å². The molecule has 0 bridgehead atoms. The van der Waals surface area contributed by atoms with Crippen LogP contribution < -0.4 is 16.2 Å². The minimum absolute atomic E-state index is 0.0787. The molecule has 20 heavy (non-hydrogen) atoms. The molecule has 0 amide bonds. The number of fused-ring (bicyclic) bond motifs is 1. The van der Waals surface area contributed by atoms with Gasteiger partial charge >= 0.3 is 5.69 Å². The SMILES string of the molecule is CC(C)n1c(=O)[nH]c(=O)c2c(-c3ccco3)cc[nH+]c21. The fourth-order valence-electron chi connectivity index (χ4n) is 2.36. The van der Waals surface area contributed by atoms with Gasteiger partial charge in [-0.2, -0.15) is 4.57 Å². The average Bonchev–Trinajstić information content (AvgIpc) is 2.91. The van der Waals surface area contributed by atoms with Crippen LogP contribution in [0.3, 0.4) is 0 Å². The Labute approximate surface area is 113 Å². The molecule has 6 heteroatoms. The van der Waals surface area contributed by atoms with Crippen molar-refractivity contribution in [2.45, 2.75) is 19.9 Å². The van der Waals surface area contributed by atoms with E-state index in [1.807, 2.05) is 13.8 Å². The van der Waals surface area contributed by atoms with Gasteiger partial charge in [-0.1, -0.05) is 0 Å². The van der Waals surface area contributed by atoms with Crippen molar-refractivity contribution in [2.75, 3.05) is 0 Å². The molecular formula is C14H14N3O3+.